The number of likely N-dealkylation sites (N-methyl/N-ethyl adjacent to an activating group) is 1. The van der Waals surface area contributed by atoms with E-state index in [9.17, 15) is 13.2 Å². The van der Waals surface area contributed by atoms with Gasteiger partial charge in [-0.3, -0.25) is 4.79 Å². The molecule has 1 aromatic carbocycles. The molecule has 27 heavy (non-hydrogen) atoms. The van der Waals surface area contributed by atoms with Crippen LogP contribution in [0.3, 0.4) is 0 Å². The van der Waals surface area contributed by atoms with E-state index in [0.717, 1.165) is 22.3 Å². The first-order valence-electron chi connectivity index (χ1n) is 9.59. The van der Waals surface area contributed by atoms with Crippen LogP contribution in [0.2, 0.25) is 0 Å². The van der Waals surface area contributed by atoms with Crippen LogP contribution in [0.25, 0.3) is 0 Å². The van der Waals surface area contributed by atoms with E-state index in [4.69, 9.17) is 0 Å². The van der Waals surface area contributed by atoms with Gasteiger partial charge in [0.05, 0.1) is 4.90 Å². The minimum absolute atomic E-state index is 0.111. The number of rotatable bonds is 6. The van der Waals surface area contributed by atoms with Crippen molar-refractivity contribution in [2.24, 2.45) is 5.92 Å². The largest absolute Gasteiger partial charge is 0.339 e. The molecule has 0 N–H and O–H groups in total. The zero-order valence-corrected chi connectivity index (χ0v) is 18.0. The first kappa shape index (κ1) is 21.6. The lowest BCUT2D eigenvalue weighted by Gasteiger charge is -2.34. The van der Waals surface area contributed by atoms with Gasteiger partial charge in [-0.2, -0.15) is 4.31 Å². The van der Waals surface area contributed by atoms with Crippen molar-refractivity contribution >= 4 is 15.9 Å². The van der Waals surface area contributed by atoms with Gasteiger partial charge in [0.1, 0.15) is 0 Å². The zero-order chi connectivity index (χ0) is 20.4. The lowest BCUT2D eigenvalue weighted by Crippen LogP contribution is -2.45. The number of nitrogens with zero attached hydrogens (tertiary/aromatic N) is 2. The van der Waals surface area contributed by atoms with Gasteiger partial charge in [-0.15, -0.1) is 0 Å². The Hall–Kier alpha value is -1.66. The maximum absolute atomic E-state index is 13.2. The molecule has 0 atom stereocenters. The molecule has 0 unspecified atom stereocenters. The van der Waals surface area contributed by atoms with Gasteiger partial charge in [0.25, 0.3) is 0 Å². The van der Waals surface area contributed by atoms with E-state index in [-0.39, 0.29) is 11.8 Å². The van der Waals surface area contributed by atoms with Gasteiger partial charge in [0.15, 0.2) is 0 Å². The topological polar surface area (TPSA) is 57.7 Å². The summed E-state index contributed by atoms with van der Waals surface area (Å²) in [6.45, 7) is 15.4. The van der Waals surface area contributed by atoms with Crippen LogP contribution in [0.4, 0.5) is 0 Å². The number of hydrogen-bond acceptors (Lipinski definition) is 3. The molecular weight excluding hydrogens is 360 g/mol. The summed E-state index contributed by atoms with van der Waals surface area (Å²) in [5.74, 6) is -0.00351. The van der Waals surface area contributed by atoms with Crippen molar-refractivity contribution in [1.29, 1.82) is 0 Å². The smallest absolute Gasteiger partial charge is 0.243 e. The zero-order valence-electron chi connectivity index (χ0n) is 17.2. The Kier molecular flexibility index (Phi) is 6.87. The van der Waals surface area contributed by atoms with Crippen molar-refractivity contribution < 1.29 is 13.2 Å². The molecule has 1 amide bonds. The molecule has 2 rings (SSSR count). The van der Waals surface area contributed by atoms with E-state index in [1.54, 1.807) is 0 Å². The second-order valence-electron chi connectivity index (χ2n) is 7.72. The minimum Gasteiger partial charge on any atom is -0.339 e. The van der Waals surface area contributed by atoms with Crippen LogP contribution in [0.15, 0.2) is 29.2 Å². The van der Waals surface area contributed by atoms with Crippen LogP contribution in [0.5, 0.6) is 0 Å². The summed E-state index contributed by atoms with van der Waals surface area (Å²) in [5.41, 5.74) is 3.58. The Morgan fingerprint density at radius 3 is 2.15 bits per heavy atom. The number of aryl methyl sites for hydroxylation is 3. The predicted octanol–water partition coefficient (Wildman–Crippen LogP) is 3.44. The van der Waals surface area contributed by atoms with Crippen LogP contribution in [0.1, 0.15) is 43.4 Å². The normalized spacial score (nSPS) is 16.3. The summed E-state index contributed by atoms with van der Waals surface area (Å²) in [5, 5.41) is 0. The summed E-state index contributed by atoms with van der Waals surface area (Å²) in [7, 11) is -3.54. The monoisotopic (exact) mass is 392 g/mol. The standard InChI is InChI=1S/C21H32N2O3S/c1-7-22(14-15(2)3)21(24)19-8-10-23(11-9-19)27(25,26)20-17(5)12-16(4)13-18(20)6/h12-13,19H,2,7-11,14H2,1,3-6H3. The summed E-state index contributed by atoms with van der Waals surface area (Å²) >= 11 is 0. The van der Waals surface area contributed by atoms with Gasteiger partial charge < -0.3 is 4.90 Å². The molecule has 150 valence electrons. The van der Waals surface area contributed by atoms with Crippen molar-refractivity contribution in [3.05, 3.63) is 41.0 Å². The van der Waals surface area contributed by atoms with E-state index in [1.807, 2.05) is 51.7 Å². The van der Waals surface area contributed by atoms with E-state index in [1.165, 1.54) is 4.31 Å². The molecule has 1 fully saturated rings. The van der Waals surface area contributed by atoms with Gasteiger partial charge in [0.2, 0.25) is 15.9 Å². The number of amides is 1. The molecule has 5 nitrogen and oxygen atoms in total. The van der Waals surface area contributed by atoms with Gasteiger partial charge >= 0.3 is 0 Å². The SMILES string of the molecule is C=C(C)CN(CC)C(=O)C1CCN(S(=O)(=O)c2c(C)cc(C)cc2C)CC1. The minimum atomic E-state index is -3.54. The molecular formula is C21H32N2O3S. The fourth-order valence-corrected chi connectivity index (χ4v) is 5.86. The molecule has 0 aromatic heterocycles. The lowest BCUT2D eigenvalue weighted by atomic mass is 9.96. The Balaban J connectivity index is 2.13. The highest BCUT2D eigenvalue weighted by Gasteiger charge is 2.34. The summed E-state index contributed by atoms with van der Waals surface area (Å²) in [4.78, 5) is 15.0. The van der Waals surface area contributed by atoms with E-state index < -0.39 is 10.0 Å². The number of carbonyl (C=O) groups excluding carboxylic acids is 1. The molecule has 0 spiro atoms. The van der Waals surface area contributed by atoms with Crippen molar-refractivity contribution in [1.82, 2.24) is 9.21 Å². The number of carbonyl (C=O) groups is 1. The average Bonchev–Trinajstić information content (AvgIpc) is 2.57. The molecule has 1 heterocycles. The molecule has 1 aliphatic heterocycles. The van der Waals surface area contributed by atoms with Crippen LogP contribution >= 0.6 is 0 Å². The number of benzene rings is 1. The van der Waals surface area contributed by atoms with Crippen molar-refractivity contribution in [2.45, 2.75) is 52.4 Å². The predicted molar refractivity (Wildman–Crippen MR) is 109 cm³/mol. The molecule has 6 heteroatoms. The van der Waals surface area contributed by atoms with E-state index in [2.05, 4.69) is 6.58 Å². The highest BCUT2D eigenvalue weighted by Crippen LogP contribution is 2.29. The third-order valence-corrected chi connectivity index (χ3v) is 7.36. The fourth-order valence-electron chi connectivity index (χ4n) is 3.98. The average molecular weight is 393 g/mol. The fraction of sp³-hybridized carbons (Fsp3) is 0.571. The first-order chi connectivity index (χ1) is 12.6. The molecule has 0 saturated carbocycles. The van der Waals surface area contributed by atoms with Crippen molar-refractivity contribution in [3.63, 3.8) is 0 Å². The quantitative estimate of drug-likeness (QED) is 0.697. The van der Waals surface area contributed by atoms with Crippen LogP contribution in [-0.4, -0.2) is 49.7 Å². The molecule has 1 saturated heterocycles. The van der Waals surface area contributed by atoms with Gasteiger partial charge in [0, 0.05) is 32.1 Å². The molecule has 1 aliphatic rings. The van der Waals surface area contributed by atoms with Crippen LogP contribution in [-0.2, 0) is 14.8 Å². The third-order valence-electron chi connectivity index (χ3n) is 5.16. The van der Waals surface area contributed by atoms with E-state index >= 15 is 0 Å². The third kappa shape index (κ3) is 4.79. The summed E-state index contributed by atoms with van der Waals surface area (Å²) < 4.78 is 27.9. The summed E-state index contributed by atoms with van der Waals surface area (Å²) in [6.07, 6.45) is 1.13. The second kappa shape index (κ2) is 8.57. The Bertz CT molecular complexity index is 799. The molecule has 1 aromatic rings. The van der Waals surface area contributed by atoms with Crippen molar-refractivity contribution in [2.75, 3.05) is 26.2 Å². The highest BCUT2D eigenvalue weighted by atomic mass is 32.2. The lowest BCUT2D eigenvalue weighted by molar-refractivity contribution is -0.136. The Labute approximate surface area is 164 Å². The maximum Gasteiger partial charge on any atom is 0.243 e. The second-order valence-corrected chi connectivity index (χ2v) is 9.59. The van der Waals surface area contributed by atoms with Crippen LogP contribution < -0.4 is 0 Å². The highest BCUT2D eigenvalue weighted by molar-refractivity contribution is 7.89. The van der Waals surface area contributed by atoms with Gasteiger partial charge in [-0.1, -0.05) is 29.8 Å². The number of hydrogen-bond donors (Lipinski definition) is 0. The number of piperidine rings is 1. The summed E-state index contributed by atoms with van der Waals surface area (Å²) in [6, 6.07) is 3.82. The van der Waals surface area contributed by atoms with Crippen LogP contribution in [0, 0.1) is 26.7 Å². The van der Waals surface area contributed by atoms with Gasteiger partial charge in [-0.05, 0) is 58.6 Å². The molecule has 0 aliphatic carbocycles. The van der Waals surface area contributed by atoms with Crippen molar-refractivity contribution in [3.8, 4) is 0 Å². The molecule has 0 radical (unpaired) electrons. The van der Waals surface area contributed by atoms with E-state index in [0.29, 0.717) is 43.9 Å². The van der Waals surface area contributed by atoms with Gasteiger partial charge in [-0.25, -0.2) is 8.42 Å². The Morgan fingerprint density at radius 2 is 1.70 bits per heavy atom. The Morgan fingerprint density at radius 1 is 1.19 bits per heavy atom. The number of sulfonamides is 1. The molecule has 0 bridgehead atoms. The maximum atomic E-state index is 13.2. The first-order valence-corrected chi connectivity index (χ1v) is 11.0.